The molecule has 0 atom stereocenters. The first-order valence-electron chi connectivity index (χ1n) is 8.80. The largest absolute Gasteiger partial charge is 0.354 e. The van der Waals surface area contributed by atoms with Gasteiger partial charge in [-0.1, -0.05) is 31.2 Å². The minimum Gasteiger partial charge on any atom is -0.354 e. The van der Waals surface area contributed by atoms with E-state index in [4.69, 9.17) is 9.97 Å². The summed E-state index contributed by atoms with van der Waals surface area (Å²) in [5.74, 6) is 2.07. The van der Waals surface area contributed by atoms with Gasteiger partial charge in [-0.15, -0.1) is 0 Å². The van der Waals surface area contributed by atoms with Gasteiger partial charge in [-0.2, -0.15) is 0 Å². The lowest BCUT2D eigenvalue weighted by Crippen LogP contribution is -2.44. The second-order valence-corrected chi connectivity index (χ2v) is 6.44. The number of nitrogens with zero attached hydrogens (tertiary/aromatic N) is 3. The lowest BCUT2D eigenvalue weighted by Gasteiger charge is -2.30. The molecule has 1 aromatic heterocycles. The van der Waals surface area contributed by atoms with Crippen molar-refractivity contribution in [3.63, 3.8) is 0 Å². The monoisotopic (exact) mass is 308 g/mol. The molecule has 1 aliphatic heterocycles. The second kappa shape index (κ2) is 6.28. The first-order valence-corrected chi connectivity index (χ1v) is 8.80. The predicted molar refractivity (Wildman–Crippen MR) is 94.0 cm³/mol. The molecule has 0 amide bonds. The summed E-state index contributed by atoms with van der Waals surface area (Å²) in [5, 5.41) is 3.43. The molecule has 0 bridgehead atoms. The summed E-state index contributed by atoms with van der Waals surface area (Å²) in [6.07, 6.45) is 4.50. The molecule has 0 radical (unpaired) electrons. The van der Waals surface area contributed by atoms with E-state index in [1.54, 1.807) is 0 Å². The Bertz CT molecular complexity index is 687. The van der Waals surface area contributed by atoms with E-state index < -0.39 is 0 Å². The number of aromatic nitrogens is 2. The predicted octanol–water partition coefficient (Wildman–Crippen LogP) is 2.60. The number of nitrogens with one attached hydrogen (secondary N) is 1. The summed E-state index contributed by atoms with van der Waals surface area (Å²) in [4.78, 5) is 12.3. The highest BCUT2D eigenvalue weighted by molar-refractivity contribution is 5.62. The van der Waals surface area contributed by atoms with Gasteiger partial charge in [0, 0.05) is 43.0 Å². The van der Waals surface area contributed by atoms with Gasteiger partial charge in [0.2, 0.25) is 0 Å². The molecule has 4 rings (SSSR count). The zero-order valence-corrected chi connectivity index (χ0v) is 13.8. The highest BCUT2D eigenvalue weighted by atomic mass is 15.2. The van der Waals surface area contributed by atoms with Crippen LogP contribution in [0.1, 0.15) is 30.2 Å². The third-order valence-electron chi connectivity index (χ3n) is 4.95. The van der Waals surface area contributed by atoms with E-state index in [1.165, 1.54) is 29.1 Å². The Labute approximate surface area is 138 Å². The zero-order chi connectivity index (χ0) is 15.6. The smallest absolute Gasteiger partial charge is 0.161 e. The Hall–Kier alpha value is -1.94. The number of anilines is 1. The molecule has 1 aliphatic carbocycles. The molecule has 0 saturated carbocycles. The van der Waals surface area contributed by atoms with Crippen LogP contribution >= 0.6 is 0 Å². The zero-order valence-electron chi connectivity index (χ0n) is 13.8. The van der Waals surface area contributed by atoms with Crippen LogP contribution in [-0.2, 0) is 19.3 Å². The molecular formula is C19H24N4. The normalized spacial score (nSPS) is 17.3. The van der Waals surface area contributed by atoms with E-state index in [0.29, 0.717) is 0 Å². The summed E-state index contributed by atoms with van der Waals surface area (Å²) in [7, 11) is 0. The van der Waals surface area contributed by atoms with E-state index >= 15 is 0 Å². The van der Waals surface area contributed by atoms with Crippen molar-refractivity contribution >= 4 is 5.82 Å². The maximum atomic E-state index is 4.98. The number of aryl methyl sites for hydroxylation is 2. The van der Waals surface area contributed by atoms with Gasteiger partial charge >= 0.3 is 0 Å². The molecule has 2 aliphatic rings. The summed E-state index contributed by atoms with van der Waals surface area (Å²) >= 11 is 0. The van der Waals surface area contributed by atoms with Crippen molar-refractivity contribution in [2.45, 2.75) is 32.6 Å². The standard InChI is InChI=1S/C19H24N4/c1-2-14-6-8-15(9-7-14)18-21-17-5-3-4-16(17)19(22-18)23-12-10-20-11-13-23/h6-9,20H,2-5,10-13H2,1H3. The summed E-state index contributed by atoms with van der Waals surface area (Å²) in [6, 6.07) is 8.71. The Balaban J connectivity index is 1.75. The molecule has 120 valence electrons. The SMILES string of the molecule is CCc1ccc(-c2nc3c(c(N4CCNCC4)n2)CCC3)cc1. The summed E-state index contributed by atoms with van der Waals surface area (Å²) < 4.78 is 0. The molecule has 1 fully saturated rings. The molecule has 4 heteroatoms. The molecule has 23 heavy (non-hydrogen) atoms. The molecular weight excluding hydrogens is 284 g/mol. The van der Waals surface area contributed by atoms with Gasteiger partial charge in [0.25, 0.3) is 0 Å². The van der Waals surface area contributed by atoms with E-state index in [1.807, 2.05) is 0 Å². The molecule has 1 saturated heterocycles. The highest BCUT2D eigenvalue weighted by Crippen LogP contribution is 2.31. The molecule has 0 spiro atoms. The molecule has 2 heterocycles. The number of rotatable bonds is 3. The van der Waals surface area contributed by atoms with Gasteiger partial charge in [0.05, 0.1) is 0 Å². The number of hydrogen-bond donors (Lipinski definition) is 1. The first kappa shape index (κ1) is 14.6. The summed E-state index contributed by atoms with van der Waals surface area (Å²) in [6.45, 7) is 6.34. The molecule has 4 nitrogen and oxygen atoms in total. The van der Waals surface area contributed by atoms with Crippen molar-refractivity contribution in [1.29, 1.82) is 0 Å². The van der Waals surface area contributed by atoms with E-state index in [0.717, 1.165) is 56.8 Å². The van der Waals surface area contributed by atoms with Gasteiger partial charge in [0.1, 0.15) is 5.82 Å². The molecule has 2 aromatic rings. The van der Waals surface area contributed by atoms with E-state index in [2.05, 4.69) is 41.4 Å². The van der Waals surface area contributed by atoms with Gasteiger partial charge in [-0.25, -0.2) is 9.97 Å². The number of fused-ring (bicyclic) bond motifs is 1. The van der Waals surface area contributed by atoms with Crippen LogP contribution < -0.4 is 10.2 Å². The molecule has 1 N–H and O–H groups in total. The Kier molecular flexibility index (Phi) is 4.00. The number of hydrogen-bond acceptors (Lipinski definition) is 4. The van der Waals surface area contributed by atoms with Crippen LogP contribution in [0.2, 0.25) is 0 Å². The quantitative estimate of drug-likeness (QED) is 0.946. The van der Waals surface area contributed by atoms with E-state index in [9.17, 15) is 0 Å². The second-order valence-electron chi connectivity index (χ2n) is 6.44. The van der Waals surface area contributed by atoms with Crippen molar-refractivity contribution in [2.24, 2.45) is 0 Å². The maximum Gasteiger partial charge on any atom is 0.161 e. The number of benzene rings is 1. The van der Waals surface area contributed by atoms with Crippen LogP contribution in [-0.4, -0.2) is 36.1 Å². The van der Waals surface area contributed by atoms with Gasteiger partial charge in [-0.3, -0.25) is 0 Å². The minimum absolute atomic E-state index is 0.891. The minimum atomic E-state index is 0.891. The van der Waals surface area contributed by atoms with Crippen molar-refractivity contribution in [2.75, 3.05) is 31.1 Å². The van der Waals surface area contributed by atoms with E-state index in [-0.39, 0.29) is 0 Å². The Morgan fingerprint density at radius 3 is 2.57 bits per heavy atom. The summed E-state index contributed by atoms with van der Waals surface area (Å²) in [5.41, 5.74) is 5.15. The lowest BCUT2D eigenvalue weighted by molar-refractivity contribution is 0.583. The van der Waals surface area contributed by atoms with Crippen LogP contribution in [0.5, 0.6) is 0 Å². The van der Waals surface area contributed by atoms with Crippen molar-refractivity contribution in [1.82, 2.24) is 15.3 Å². The van der Waals surface area contributed by atoms with Gasteiger partial charge in [0.15, 0.2) is 5.82 Å². The first-order chi connectivity index (χ1) is 11.3. The average Bonchev–Trinajstić information content (AvgIpc) is 3.10. The van der Waals surface area contributed by atoms with Gasteiger partial charge in [-0.05, 0) is 31.2 Å². The molecule has 0 unspecified atom stereocenters. The van der Waals surface area contributed by atoms with Crippen LogP contribution in [0.15, 0.2) is 24.3 Å². The molecule has 1 aromatic carbocycles. The Morgan fingerprint density at radius 1 is 1.04 bits per heavy atom. The van der Waals surface area contributed by atoms with Crippen LogP contribution in [0, 0.1) is 0 Å². The van der Waals surface area contributed by atoms with Crippen molar-refractivity contribution < 1.29 is 0 Å². The average molecular weight is 308 g/mol. The lowest BCUT2D eigenvalue weighted by atomic mass is 10.1. The third kappa shape index (κ3) is 2.83. The number of piperazine rings is 1. The van der Waals surface area contributed by atoms with Crippen LogP contribution in [0.3, 0.4) is 0 Å². The fourth-order valence-electron chi connectivity index (χ4n) is 3.57. The Morgan fingerprint density at radius 2 is 1.83 bits per heavy atom. The van der Waals surface area contributed by atoms with Gasteiger partial charge < -0.3 is 10.2 Å². The van der Waals surface area contributed by atoms with Crippen LogP contribution in [0.25, 0.3) is 11.4 Å². The highest BCUT2D eigenvalue weighted by Gasteiger charge is 2.24. The fourth-order valence-corrected chi connectivity index (χ4v) is 3.57. The van der Waals surface area contributed by atoms with Crippen molar-refractivity contribution in [3.05, 3.63) is 41.1 Å². The third-order valence-corrected chi connectivity index (χ3v) is 4.95. The fraction of sp³-hybridized carbons (Fsp3) is 0.474. The topological polar surface area (TPSA) is 41.1 Å². The maximum absolute atomic E-state index is 4.98. The van der Waals surface area contributed by atoms with Crippen LogP contribution in [0.4, 0.5) is 5.82 Å². The van der Waals surface area contributed by atoms with Crippen molar-refractivity contribution in [3.8, 4) is 11.4 Å².